The van der Waals surface area contributed by atoms with Gasteiger partial charge in [0.05, 0.1) is 17.6 Å². The van der Waals surface area contributed by atoms with Gasteiger partial charge in [0, 0.05) is 17.7 Å². The Balaban J connectivity index is 2.06. The zero-order chi connectivity index (χ0) is 16.1. The predicted octanol–water partition coefficient (Wildman–Crippen LogP) is 3.43. The molecule has 22 heavy (non-hydrogen) atoms. The van der Waals surface area contributed by atoms with Gasteiger partial charge >= 0.3 is 5.97 Å². The van der Waals surface area contributed by atoms with Crippen LogP contribution in [0.15, 0.2) is 55.1 Å². The normalized spacial score (nSPS) is 9.86. The van der Waals surface area contributed by atoms with Gasteiger partial charge in [0.15, 0.2) is 0 Å². The van der Waals surface area contributed by atoms with Crippen LogP contribution >= 0.6 is 0 Å². The molecule has 6 heteroatoms. The molecule has 2 aromatic carbocycles. The van der Waals surface area contributed by atoms with E-state index >= 15 is 0 Å². The molecule has 0 N–H and O–H groups in total. The monoisotopic (exact) mass is 299 g/mol. The lowest BCUT2D eigenvalue weighted by molar-refractivity contribution is -0.384. The Bertz CT molecular complexity index is 704. The summed E-state index contributed by atoms with van der Waals surface area (Å²) in [7, 11) is 1.55. The van der Waals surface area contributed by atoms with Crippen LogP contribution < -0.4 is 4.74 Å². The second-order valence-corrected chi connectivity index (χ2v) is 4.35. The maximum atomic E-state index is 12.0. The van der Waals surface area contributed by atoms with Crippen LogP contribution in [0.3, 0.4) is 0 Å². The Labute approximate surface area is 126 Å². The summed E-state index contributed by atoms with van der Waals surface area (Å²) in [6, 6.07) is 12.0. The smallest absolute Gasteiger partial charge is 0.343 e. The summed E-state index contributed by atoms with van der Waals surface area (Å²) in [5.74, 6) is 0.236. The highest BCUT2D eigenvalue weighted by Crippen LogP contribution is 2.20. The topological polar surface area (TPSA) is 78.7 Å². The van der Waals surface area contributed by atoms with Crippen LogP contribution in [0.2, 0.25) is 0 Å². The summed E-state index contributed by atoms with van der Waals surface area (Å²) in [4.78, 5) is 22.0. The molecule has 0 amide bonds. The Morgan fingerprint density at radius 2 is 1.59 bits per heavy atom. The van der Waals surface area contributed by atoms with Crippen LogP contribution in [0.5, 0.6) is 5.75 Å². The number of carbonyl (C=O) groups excluding carboxylic acids is 1. The molecule has 0 bridgehead atoms. The molecule has 0 unspecified atom stereocenters. The van der Waals surface area contributed by atoms with Crippen LogP contribution in [0.1, 0.15) is 15.9 Å². The van der Waals surface area contributed by atoms with Crippen molar-refractivity contribution in [1.82, 2.24) is 0 Å². The average Bonchev–Trinajstić information content (AvgIpc) is 2.54. The van der Waals surface area contributed by atoms with Gasteiger partial charge in [-0.1, -0.05) is 6.58 Å². The summed E-state index contributed by atoms with van der Waals surface area (Å²) in [6.07, 6.45) is 0. The Morgan fingerprint density at radius 1 is 1.05 bits per heavy atom. The first-order chi connectivity index (χ1) is 10.5. The Hall–Kier alpha value is -3.15. The molecule has 2 aromatic rings. The molecule has 0 radical (unpaired) electrons. The average molecular weight is 299 g/mol. The van der Waals surface area contributed by atoms with Gasteiger partial charge in [0.1, 0.15) is 11.5 Å². The minimum absolute atomic E-state index is 0.0921. The van der Waals surface area contributed by atoms with Crippen molar-refractivity contribution in [3.8, 4) is 5.75 Å². The van der Waals surface area contributed by atoms with E-state index in [0.717, 1.165) is 0 Å². The van der Waals surface area contributed by atoms with Crippen molar-refractivity contribution in [2.24, 2.45) is 0 Å². The number of ether oxygens (including phenoxy) is 2. The van der Waals surface area contributed by atoms with Gasteiger partial charge in [-0.3, -0.25) is 10.1 Å². The first-order valence-corrected chi connectivity index (χ1v) is 6.31. The number of nitro benzene ring substituents is 1. The first-order valence-electron chi connectivity index (χ1n) is 6.31. The maximum Gasteiger partial charge on any atom is 0.343 e. The number of non-ortho nitro benzene ring substituents is 1. The number of hydrogen-bond donors (Lipinski definition) is 0. The highest BCUT2D eigenvalue weighted by molar-refractivity contribution is 5.93. The van der Waals surface area contributed by atoms with Crippen molar-refractivity contribution in [3.05, 3.63) is 76.4 Å². The number of nitrogens with zero attached hydrogens (tertiary/aromatic N) is 1. The van der Waals surface area contributed by atoms with Crippen LogP contribution in [-0.2, 0) is 4.74 Å². The lowest BCUT2D eigenvalue weighted by Crippen LogP contribution is -2.04. The molecular formula is C16H13NO5. The van der Waals surface area contributed by atoms with Crippen LogP contribution in [0.4, 0.5) is 5.69 Å². The third kappa shape index (κ3) is 3.49. The molecule has 0 heterocycles. The highest BCUT2D eigenvalue weighted by Gasteiger charge is 2.13. The van der Waals surface area contributed by atoms with Gasteiger partial charge in [0.2, 0.25) is 0 Å². The largest absolute Gasteiger partial charge is 0.497 e. The first kappa shape index (κ1) is 15.2. The molecule has 0 saturated heterocycles. The number of nitro groups is 1. The standard InChI is InChI=1S/C16H13NO5/c1-11(12-5-9-15(21-2)10-6-12)22-16(18)13-3-7-14(8-4-13)17(19)20/h3-10H,1H2,2H3. The fraction of sp³-hybridized carbons (Fsp3) is 0.0625. The van der Waals surface area contributed by atoms with Gasteiger partial charge in [-0.2, -0.15) is 0 Å². The van der Waals surface area contributed by atoms with Crippen molar-refractivity contribution in [2.45, 2.75) is 0 Å². The lowest BCUT2D eigenvalue weighted by Gasteiger charge is -2.08. The minimum Gasteiger partial charge on any atom is -0.497 e. The van der Waals surface area contributed by atoms with Gasteiger partial charge in [-0.15, -0.1) is 0 Å². The lowest BCUT2D eigenvalue weighted by atomic mass is 10.2. The van der Waals surface area contributed by atoms with E-state index in [1.807, 2.05) is 0 Å². The van der Waals surface area contributed by atoms with E-state index < -0.39 is 10.9 Å². The second kappa shape index (κ2) is 6.53. The van der Waals surface area contributed by atoms with E-state index in [2.05, 4.69) is 6.58 Å². The summed E-state index contributed by atoms with van der Waals surface area (Å²) in [5, 5.41) is 10.6. The molecule has 0 saturated carbocycles. The Morgan fingerprint density at radius 3 is 2.09 bits per heavy atom. The molecule has 0 aromatic heterocycles. The van der Waals surface area contributed by atoms with Crippen molar-refractivity contribution < 1.29 is 19.2 Å². The molecule has 0 aliphatic heterocycles. The zero-order valence-electron chi connectivity index (χ0n) is 11.8. The summed E-state index contributed by atoms with van der Waals surface area (Å²) >= 11 is 0. The van der Waals surface area contributed by atoms with E-state index in [4.69, 9.17) is 9.47 Å². The fourth-order valence-corrected chi connectivity index (χ4v) is 1.73. The number of carbonyl (C=O) groups is 1. The predicted molar refractivity (Wildman–Crippen MR) is 80.5 cm³/mol. The third-order valence-corrected chi connectivity index (χ3v) is 2.94. The quantitative estimate of drug-likeness (QED) is 0.366. The Kier molecular flexibility index (Phi) is 4.53. The van der Waals surface area contributed by atoms with Crippen molar-refractivity contribution in [3.63, 3.8) is 0 Å². The second-order valence-electron chi connectivity index (χ2n) is 4.35. The zero-order valence-corrected chi connectivity index (χ0v) is 11.8. The molecule has 0 atom stereocenters. The van der Waals surface area contributed by atoms with Crippen LogP contribution in [-0.4, -0.2) is 18.0 Å². The molecule has 2 rings (SSSR count). The van der Waals surface area contributed by atoms with Crippen LogP contribution in [0.25, 0.3) is 5.76 Å². The summed E-state index contributed by atoms with van der Waals surface area (Å²) < 4.78 is 10.2. The SMILES string of the molecule is C=C(OC(=O)c1ccc([N+](=O)[O-])cc1)c1ccc(OC)cc1. The third-order valence-electron chi connectivity index (χ3n) is 2.94. The molecule has 0 aliphatic rings. The van der Waals surface area contributed by atoms with Crippen molar-refractivity contribution in [2.75, 3.05) is 7.11 Å². The van der Waals surface area contributed by atoms with E-state index in [-0.39, 0.29) is 17.0 Å². The number of rotatable bonds is 5. The molecule has 0 fully saturated rings. The maximum absolute atomic E-state index is 12.0. The number of benzene rings is 2. The van der Waals surface area contributed by atoms with Crippen LogP contribution in [0, 0.1) is 10.1 Å². The van der Waals surface area contributed by atoms with Crippen molar-refractivity contribution in [1.29, 1.82) is 0 Å². The highest BCUT2D eigenvalue weighted by atomic mass is 16.6. The molecule has 0 aliphatic carbocycles. The fourth-order valence-electron chi connectivity index (χ4n) is 1.73. The molecular weight excluding hydrogens is 286 g/mol. The van der Waals surface area contributed by atoms with E-state index in [0.29, 0.717) is 11.3 Å². The number of methoxy groups -OCH3 is 1. The van der Waals surface area contributed by atoms with Crippen molar-refractivity contribution >= 4 is 17.4 Å². The van der Waals surface area contributed by atoms with Gasteiger partial charge < -0.3 is 9.47 Å². The van der Waals surface area contributed by atoms with Gasteiger partial charge in [-0.25, -0.2) is 4.79 Å². The number of hydrogen-bond acceptors (Lipinski definition) is 5. The molecule has 6 nitrogen and oxygen atoms in total. The minimum atomic E-state index is -0.629. The van der Waals surface area contributed by atoms with Gasteiger partial charge in [0.25, 0.3) is 5.69 Å². The molecule has 0 spiro atoms. The van der Waals surface area contributed by atoms with Gasteiger partial charge in [-0.05, 0) is 36.4 Å². The van der Waals surface area contributed by atoms with E-state index in [9.17, 15) is 14.9 Å². The number of esters is 1. The van der Waals surface area contributed by atoms with E-state index in [1.165, 1.54) is 24.3 Å². The molecule has 112 valence electrons. The summed E-state index contributed by atoms with van der Waals surface area (Å²) in [5.41, 5.74) is 0.752. The summed E-state index contributed by atoms with van der Waals surface area (Å²) in [6.45, 7) is 3.70. The van der Waals surface area contributed by atoms with E-state index in [1.54, 1.807) is 31.4 Å².